The molecule has 0 radical (unpaired) electrons. The van der Waals surface area contributed by atoms with E-state index in [1.54, 1.807) is 7.11 Å². The molecule has 2 aromatic rings. The monoisotopic (exact) mass is 301 g/mol. The zero-order valence-corrected chi connectivity index (χ0v) is 13.6. The Morgan fingerprint density at radius 3 is 2.59 bits per heavy atom. The molecule has 5 heteroatoms. The van der Waals surface area contributed by atoms with E-state index in [1.807, 2.05) is 44.2 Å². The van der Waals surface area contributed by atoms with Gasteiger partial charge in [0.25, 0.3) is 0 Å². The lowest BCUT2D eigenvalue weighted by molar-refractivity contribution is 0.223. The zero-order valence-electron chi connectivity index (χ0n) is 13.6. The lowest BCUT2D eigenvalue weighted by atomic mass is 10.3. The van der Waals surface area contributed by atoms with Crippen LogP contribution in [0.1, 0.15) is 25.4 Å². The first kappa shape index (κ1) is 16.1. The highest BCUT2D eigenvalue weighted by Crippen LogP contribution is 2.26. The first-order chi connectivity index (χ1) is 10.6. The Kier molecular flexibility index (Phi) is 5.58. The van der Waals surface area contributed by atoms with E-state index in [2.05, 4.69) is 22.2 Å². The summed E-state index contributed by atoms with van der Waals surface area (Å²) in [6.45, 7) is 6.64. The van der Waals surface area contributed by atoms with Gasteiger partial charge in [-0.15, -0.1) is 0 Å². The van der Waals surface area contributed by atoms with Gasteiger partial charge in [0.05, 0.1) is 13.7 Å². The number of nitrogens with zero attached hydrogens (tertiary/aromatic N) is 2. The summed E-state index contributed by atoms with van der Waals surface area (Å²) < 4.78 is 11.2. The molecule has 1 aromatic carbocycles. The molecule has 1 aromatic heterocycles. The van der Waals surface area contributed by atoms with Crippen LogP contribution in [-0.4, -0.2) is 29.7 Å². The molecule has 1 unspecified atom stereocenters. The van der Waals surface area contributed by atoms with Crippen LogP contribution in [0.3, 0.4) is 0 Å². The molecular weight excluding hydrogens is 278 g/mol. The maximum atomic E-state index is 5.91. The number of ether oxygens (including phenoxy) is 2. The Balaban J connectivity index is 1.95. The summed E-state index contributed by atoms with van der Waals surface area (Å²) in [6, 6.07) is 9.61. The van der Waals surface area contributed by atoms with Crippen LogP contribution >= 0.6 is 0 Å². The molecule has 0 fully saturated rings. The summed E-state index contributed by atoms with van der Waals surface area (Å²) in [7, 11) is 1.64. The van der Waals surface area contributed by atoms with Crippen molar-refractivity contribution in [1.82, 2.24) is 9.97 Å². The van der Waals surface area contributed by atoms with Gasteiger partial charge >= 0.3 is 0 Å². The van der Waals surface area contributed by atoms with Gasteiger partial charge in [-0.05, 0) is 32.4 Å². The molecule has 0 saturated carbocycles. The van der Waals surface area contributed by atoms with E-state index < -0.39 is 0 Å². The fourth-order valence-electron chi connectivity index (χ4n) is 2.12. The second-order valence-corrected chi connectivity index (χ2v) is 5.11. The number of para-hydroxylation sites is 2. The molecular formula is C17H23N3O2. The minimum atomic E-state index is -0.0170. The van der Waals surface area contributed by atoms with Crippen LogP contribution in [0.5, 0.6) is 11.5 Å². The summed E-state index contributed by atoms with van der Waals surface area (Å²) in [4.78, 5) is 8.76. The van der Waals surface area contributed by atoms with Gasteiger partial charge in [-0.3, -0.25) is 0 Å². The number of benzene rings is 1. The molecule has 22 heavy (non-hydrogen) atoms. The average Bonchev–Trinajstić information content (AvgIpc) is 2.53. The lowest BCUT2D eigenvalue weighted by Gasteiger charge is -2.17. The first-order valence-corrected chi connectivity index (χ1v) is 7.50. The van der Waals surface area contributed by atoms with Crippen molar-refractivity contribution in [2.45, 2.75) is 33.3 Å². The molecule has 0 amide bonds. The van der Waals surface area contributed by atoms with Crippen LogP contribution in [-0.2, 0) is 6.42 Å². The number of aromatic nitrogens is 2. The van der Waals surface area contributed by atoms with Gasteiger partial charge in [0.2, 0.25) is 0 Å². The number of rotatable bonds is 7. The molecule has 0 aliphatic rings. The highest BCUT2D eigenvalue weighted by Gasteiger charge is 2.09. The standard InChI is InChI=1S/C17H23N3O2/c1-5-14-10-17(20-13(3)19-14)18-11-12(2)22-16-9-7-6-8-15(16)21-4/h6-10,12H,5,11H2,1-4H3,(H,18,19,20). The van der Waals surface area contributed by atoms with Gasteiger partial charge in [0.1, 0.15) is 17.7 Å². The van der Waals surface area contributed by atoms with E-state index in [4.69, 9.17) is 9.47 Å². The minimum absolute atomic E-state index is 0.0170. The number of methoxy groups -OCH3 is 1. The number of aryl methyl sites for hydroxylation is 2. The number of hydrogen-bond acceptors (Lipinski definition) is 5. The van der Waals surface area contributed by atoms with Gasteiger partial charge in [-0.1, -0.05) is 19.1 Å². The van der Waals surface area contributed by atoms with Crippen molar-refractivity contribution in [3.63, 3.8) is 0 Å². The third-order valence-electron chi connectivity index (χ3n) is 3.22. The quantitative estimate of drug-likeness (QED) is 0.851. The van der Waals surface area contributed by atoms with E-state index in [0.29, 0.717) is 6.54 Å². The number of anilines is 1. The van der Waals surface area contributed by atoms with Crippen molar-refractivity contribution in [1.29, 1.82) is 0 Å². The van der Waals surface area contributed by atoms with Crippen molar-refractivity contribution in [2.24, 2.45) is 0 Å². The number of hydrogen-bond donors (Lipinski definition) is 1. The maximum absolute atomic E-state index is 5.91. The second kappa shape index (κ2) is 7.64. The van der Waals surface area contributed by atoms with Crippen LogP contribution < -0.4 is 14.8 Å². The lowest BCUT2D eigenvalue weighted by Crippen LogP contribution is -2.23. The minimum Gasteiger partial charge on any atom is -0.493 e. The third kappa shape index (κ3) is 4.35. The summed E-state index contributed by atoms with van der Waals surface area (Å²) in [5, 5.41) is 3.30. The highest BCUT2D eigenvalue weighted by atomic mass is 16.5. The van der Waals surface area contributed by atoms with Gasteiger partial charge in [-0.2, -0.15) is 0 Å². The molecule has 118 valence electrons. The van der Waals surface area contributed by atoms with E-state index >= 15 is 0 Å². The fraction of sp³-hybridized carbons (Fsp3) is 0.412. The topological polar surface area (TPSA) is 56.3 Å². The van der Waals surface area contributed by atoms with E-state index in [-0.39, 0.29) is 6.10 Å². The zero-order chi connectivity index (χ0) is 15.9. The van der Waals surface area contributed by atoms with E-state index in [0.717, 1.165) is 35.3 Å². The summed E-state index contributed by atoms with van der Waals surface area (Å²) in [5.41, 5.74) is 1.04. The van der Waals surface area contributed by atoms with Gasteiger partial charge < -0.3 is 14.8 Å². The van der Waals surface area contributed by atoms with Crippen LogP contribution in [0, 0.1) is 6.92 Å². The van der Waals surface area contributed by atoms with Crippen molar-refractivity contribution in [3.8, 4) is 11.5 Å². The van der Waals surface area contributed by atoms with Gasteiger partial charge in [0, 0.05) is 11.8 Å². The van der Waals surface area contributed by atoms with Gasteiger partial charge in [-0.25, -0.2) is 9.97 Å². The van der Waals surface area contributed by atoms with Crippen LogP contribution in [0.15, 0.2) is 30.3 Å². The van der Waals surface area contributed by atoms with E-state index in [1.165, 1.54) is 0 Å². The smallest absolute Gasteiger partial charge is 0.161 e. The van der Waals surface area contributed by atoms with Crippen molar-refractivity contribution >= 4 is 5.82 Å². The first-order valence-electron chi connectivity index (χ1n) is 7.50. The summed E-state index contributed by atoms with van der Waals surface area (Å²) in [6.07, 6.45) is 0.877. The molecule has 0 aliphatic carbocycles. The normalized spacial score (nSPS) is 11.8. The maximum Gasteiger partial charge on any atom is 0.161 e. The van der Waals surface area contributed by atoms with Gasteiger partial charge in [0.15, 0.2) is 11.5 Å². The van der Waals surface area contributed by atoms with Crippen LogP contribution in [0.25, 0.3) is 0 Å². The van der Waals surface area contributed by atoms with Crippen LogP contribution in [0.4, 0.5) is 5.82 Å². The van der Waals surface area contributed by atoms with Crippen LogP contribution in [0.2, 0.25) is 0 Å². The molecule has 5 nitrogen and oxygen atoms in total. The Morgan fingerprint density at radius 2 is 1.91 bits per heavy atom. The molecule has 1 atom stereocenters. The van der Waals surface area contributed by atoms with Crippen molar-refractivity contribution in [2.75, 3.05) is 19.0 Å². The fourth-order valence-corrected chi connectivity index (χ4v) is 2.12. The third-order valence-corrected chi connectivity index (χ3v) is 3.22. The number of nitrogens with one attached hydrogen (secondary N) is 1. The predicted molar refractivity (Wildman–Crippen MR) is 87.7 cm³/mol. The molecule has 0 bridgehead atoms. The SMILES string of the molecule is CCc1cc(NCC(C)Oc2ccccc2OC)nc(C)n1. The Hall–Kier alpha value is -2.30. The van der Waals surface area contributed by atoms with Crippen molar-refractivity contribution in [3.05, 3.63) is 41.9 Å². The largest absolute Gasteiger partial charge is 0.493 e. The molecule has 1 heterocycles. The molecule has 0 spiro atoms. The average molecular weight is 301 g/mol. The van der Waals surface area contributed by atoms with E-state index in [9.17, 15) is 0 Å². The predicted octanol–water partition coefficient (Wildman–Crippen LogP) is 3.24. The summed E-state index contributed by atoms with van der Waals surface area (Å²) in [5.74, 6) is 3.09. The molecule has 0 saturated heterocycles. The Morgan fingerprint density at radius 1 is 1.18 bits per heavy atom. The summed E-state index contributed by atoms with van der Waals surface area (Å²) >= 11 is 0. The van der Waals surface area contributed by atoms with Crippen molar-refractivity contribution < 1.29 is 9.47 Å². The Bertz CT molecular complexity index is 617. The highest BCUT2D eigenvalue weighted by molar-refractivity contribution is 5.40. The molecule has 0 aliphatic heterocycles. The molecule has 2 rings (SSSR count). The second-order valence-electron chi connectivity index (χ2n) is 5.11. The molecule has 1 N–H and O–H groups in total. The Labute approximate surface area is 131 Å².